The summed E-state index contributed by atoms with van der Waals surface area (Å²) in [6.07, 6.45) is 2.76. The first-order valence-corrected chi connectivity index (χ1v) is 7.56. The van der Waals surface area contributed by atoms with Gasteiger partial charge in [-0.25, -0.2) is 0 Å². The monoisotopic (exact) mass is 277 g/mol. The lowest BCUT2D eigenvalue weighted by Crippen LogP contribution is -2.49. The van der Waals surface area contributed by atoms with Gasteiger partial charge in [-0.05, 0) is 19.4 Å². The van der Waals surface area contributed by atoms with Crippen molar-refractivity contribution in [2.45, 2.75) is 38.0 Å². The van der Waals surface area contributed by atoms with Crippen molar-refractivity contribution in [1.29, 1.82) is 0 Å². The Morgan fingerprint density at radius 2 is 2.10 bits per heavy atom. The summed E-state index contributed by atoms with van der Waals surface area (Å²) < 4.78 is 17.7. The molecule has 0 radical (unpaired) electrons. The molecule has 1 aromatic rings. The standard InChI is InChI=1S/C16H23NO3/c1-2-18-15-7-4-3-6-13(15)14-12-16(8-9-17-14)19-10-5-11-20-16/h3-4,6-7,14,17H,2,5,8-12H2,1H3. The van der Waals surface area contributed by atoms with Gasteiger partial charge in [0.15, 0.2) is 5.79 Å². The van der Waals surface area contributed by atoms with Crippen molar-refractivity contribution in [2.75, 3.05) is 26.4 Å². The molecule has 0 aromatic heterocycles. The first-order chi connectivity index (χ1) is 9.83. The number of rotatable bonds is 3. The van der Waals surface area contributed by atoms with Gasteiger partial charge in [-0.3, -0.25) is 0 Å². The largest absolute Gasteiger partial charge is 0.494 e. The Morgan fingerprint density at radius 1 is 1.30 bits per heavy atom. The van der Waals surface area contributed by atoms with E-state index in [4.69, 9.17) is 14.2 Å². The SMILES string of the molecule is CCOc1ccccc1C1CC2(CCN1)OCCCO2. The van der Waals surface area contributed by atoms with Crippen LogP contribution in [-0.2, 0) is 9.47 Å². The van der Waals surface area contributed by atoms with Gasteiger partial charge in [-0.1, -0.05) is 18.2 Å². The minimum Gasteiger partial charge on any atom is -0.494 e. The Balaban J connectivity index is 1.79. The summed E-state index contributed by atoms with van der Waals surface area (Å²) in [6, 6.07) is 8.46. The van der Waals surface area contributed by atoms with E-state index in [0.29, 0.717) is 6.61 Å². The molecular weight excluding hydrogens is 254 g/mol. The van der Waals surface area contributed by atoms with Crippen LogP contribution in [0, 0.1) is 0 Å². The quantitative estimate of drug-likeness (QED) is 0.922. The maximum Gasteiger partial charge on any atom is 0.171 e. The lowest BCUT2D eigenvalue weighted by molar-refractivity contribution is -0.281. The number of para-hydroxylation sites is 1. The van der Waals surface area contributed by atoms with E-state index >= 15 is 0 Å². The first kappa shape index (κ1) is 13.9. The van der Waals surface area contributed by atoms with Crippen molar-refractivity contribution in [2.24, 2.45) is 0 Å². The van der Waals surface area contributed by atoms with Gasteiger partial charge in [0.05, 0.1) is 19.8 Å². The molecule has 0 bridgehead atoms. The van der Waals surface area contributed by atoms with Crippen LogP contribution in [0.1, 0.15) is 37.8 Å². The van der Waals surface area contributed by atoms with Crippen LogP contribution in [-0.4, -0.2) is 32.2 Å². The Hall–Kier alpha value is -1.10. The third kappa shape index (κ3) is 2.82. The zero-order valence-electron chi connectivity index (χ0n) is 12.1. The van der Waals surface area contributed by atoms with Gasteiger partial charge < -0.3 is 19.5 Å². The summed E-state index contributed by atoms with van der Waals surface area (Å²) in [4.78, 5) is 0. The van der Waals surface area contributed by atoms with Gasteiger partial charge in [-0.15, -0.1) is 0 Å². The van der Waals surface area contributed by atoms with Gasteiger partial charge in [0.25, 0.3) is 0 Å². The summed E-state index contributed by atoms with van der Waals surface area (Å²) >= 11 is 0. The van der Waals surface area contributed by atoms with Crippen LogP contribution < -0.4 is 10.1 Å². The summed E-state index contributed by atoms with van der Waals surface area (Å²) in [6.45, 7) is 5.21. The molecule has 0 aliphatic carbocycles. The van der Waals surface area contributed by atoms with E-state index in [1.165, 1.54) is 5.56 Å². The summed E-state index contributed by atoms with van der Waals surface area (Å²) in [7, 11) is 0. The van der Waals surface area contributed by atoms with E-state index in [1.54, 1.807) is 0 Å². The number of hydrogen-bond acceptors (Lipinski definition) is 4. The predicted octanol–water partition coefficient (Wildman–Crippen LogP) is 2.64. The molecule has 2 aliphatic rings. The average Bonchev–Trinajstić information content (AvgIpc) is 2.49. The molecule has 2 aliphatic heterocycles. The summed E-state index contributed by atoms with van der Waals surface area (Å²) in [5.74, 6) is 0.563. The topological polar surface area (TPSA) is 39.7 Å². The lowest BCUT2D eigenvalue weighted by atomic mass is 9.91. The normalized spacial score (nSPS) is 25.6. The third-order valence-corrected chi connectivity index (χ3v) is 4.02. The predicted molar refractivity (Wildman–Crippen MR) is 76.8 cm³/mol. The Morgan fingerprint density at radius 3 is 2.90 bits per heavy atom. The maximum absolute atomic E-state index is 5.95. The molecule has 1 aromatic carbocycles. The highest BCUT2D eigenvalue weighted by Crippen LogP contribution is 2.38. The third-order valence-electron chi connectivity index (χ3n) is 4.02. The molecule has 2 heterocycles. The summed E-state index contributed by atoms with van der Waals surface area (Å²) in [5.41, 5.74) is 1.20. The lowest BCUT2D eigenvalue weighted by Gasteiger charge is -2.43. The Labute approximate surface area is 120 Å². The molecule has 1 spiro atoms. The van der Waals surface area contributed by atoms with Crippen LogP contribution in [0.2, 0.25) is 0 Å². The molecule has 1 N–H and O–H groups in total. The van der Waals surface area contributed by atoms with Crippen LogP contribution in [0.25, 0.3) is 0 Å². The van der Waals surface area contributed by atoms with E-state index in [2.05, 4.69) is 17.4 Å². The smallest absolute Gasteiger partial charge is 0.171 e. The van der Waals surface area contributed by atoms with Gasteiger partial charge >= 0.3 is 0 Å². The number of piperidine rings is 1. The highest BCUT2D eigenvalue weighted by atomic mass is 16.7. The van der Waals surface area contributed by atoms with Gasteiger partial charge in [-0.2, -0.15) is 0 Å². The maximum atomic E-state index is 5.95. The van der Waals surface area contributed by atoms with Crippen molar-refractivity contribution in [3.05, 3.63) is 29.8 Å². The minimum absolute atomic E-state index is 0.226. The number of benzene rings is 1. The molecule has 110 valence electrons. The molecule has 0 amide bonds. The Bertz CT molecular complexity index is 438. The number of ether oxygens (including phenoxy) is 3. The highest BCUT2D eigenvalue weighted by Gasteiger charge is 2.40. The first-order valence-electron chi connectivity index (χ1n) is 7.56. The minimum atomic E-state index is -0.395. The molecule has 4 heteroatoms. The van der Waals surface area contributed by atoms with Crippen molar-refractivity contribution in [1.82, 2.24) is 5.32 Å². The fraction of sp³-hybridized carbons (Fsp3) is 0.625. The van der Waals surface area contributed by atoms with Crippen LogP contribution in [0.3, 0.4) is 0 Å². The molecular formula is C16H23NO3. The fourth-order valence-corrected chi connectivity index (χ4v) is 3.08. The van der Waals surface area contributed by atoms with Crippen LogP contribution >= 0.6 is 0 Å². The molecule has 3 rings (SSSR count). The van der Waals surface area contributed by atoms with E-state index in [-0.39, 0.29) is 6.04 Å². The van der Waals surface area contributed by atoms with Crippen molar-refractivity contribution >= 4 is 0 Å². The van der Waals surface area contributed by atoms with E-state index in [0.717, 1.165) is 44.8 Å². The molecule has 4 nitrogen and oxygen atoms in total. The van der Waals surface area contributed by atoms with E-state index in [9.17, 15) is 0 Å². The zero-order chi connectivity index (χ0) is 13.8. The number of hydrogen-bond donors (Lipinski definition) is 1. The van der Waals surface area contributed by atoms with Gasteiger partial charge in [0.2, 0.25) is 0 Å². The second kappa shape index (κ2) is 6.12. The molecule has 20 heavy (non-hydrogen) atoms. The van der Waals surface area contributed by atoms with Gasteiger partial charge in [0.1, 0.15) is 5.75 Å². The number of nitrogens with one attached hydrogen (secondary N) is 1. The zero-order valence-corrected chi connectivity index (χ0v) is 12.1. The van der Waals surface area contributed by atoms with E-state index in [1.807, 2.05) is 19.1 Å². The molecule has 1 atom stereocenters. The van der Waals surface area contributed by atoms with Crippen LogP contribution in [0.5, 0.6) is 5.75 Å². The fourth-order valence-electron chi connectivity index (χ4n) is 3.08. The average molecular weight is 277 g/mol. The van der Waals surface area contributed by atoms with Crippen LogP contribution in [0.15, 0.2) is 24.3 Å². The second-order valence-electron chi connectivity index (χ2n) is 5.39. The highest BCUT2D eigenvalue weighted by molar-refractivity contribution is 5.36. The molecule has 1 unspecified atom stereocenters. The molecule has 0 saturated carbocycles. The van der Waals surface area contributed by atoms with Gasteiger partial charge in [0, 0.05) is 31.0 Å². The Kier molecular flexibility index (Phi) is 4.24. The molecule has 2 fully saturated rings. The van der Waals surface area contributed by atoms with E-state index < -0.39 is 5.79 Å². The molecule has 2 saturated heterocycles. The van der Waals surface area contributed by atoms with Crippen molar-refractivity contribution in [3.8, 4) is 5.75 Å². The van der Waals surface area contributed by atoms with Crippen molar-refractivity contribution < 1.29 is 14.2 Å². The summed E-state index contributed by atoms with van der Waals surface area (Å²) in [5, 5.41) is 3.57. The van der Waals surface area contributed by atoms with Crippen LogP contribution in [0.4, 0.5) is 0 Å². The second-order valence-corrected chi connectivity index (χ2v) is 5.39. The van der Waals surface area contributed by atoms with Crippen molar-refractivity contribution in [3.63, 3.8) is 0 Å².